The first-order valence-electron chi connectivity index (χ1n) is 9.34. The summed E-state index contributed by atoms with van der Waals surface area (Å²) in [6.07, 6.45) is 0. The van der Waals surface area contributed by atoms with E-state index >= 15 is 0 Å². The SMILES string of the molecule is Cc1c(F)c(Br)nc(C(=O)O)c1Cl.Nc1c(F)c(Br)nc(C(=O)OCc2ccccc2)c1Cl.O=CO[O-].[H-].[K+].[K+]. The molecule has 0 bridgehead atoms. The Balaban J connectivity index is -0.000000597. The van der Waals surface area contributed by atoms with Crippen molar-refractivity contribution in [3.63, 3.8) is 0 Å². The van der Waals surface area contributed by atoms with Gasteiger partial charge in [-0.15, -0.1) is 0 Å². The third-order valence-corrected chi connectivity index (χ3v) is 5.87. The molecule has 39 heavy (non-hydrogen) atoms. The minimum Gasteiger partial charge on any atom is -1.00 e. The number of carbonyl (C=O) groups is 3. The van der Waals surface area contributed by atoms with Gasteiger partial charge in [0.15, 0.2) is 23.0 Å². The van der Waals surface area contributed by atoms with Crippen molar-refractivity contribution in [2.45, 2.75) is 13.5 Å². The van der Waals surface area contributed by atoms with E-state index in [1.54, 1.807) is 12.1 Å². The zero-order chi connectivity index (χ0) is 28.3. The average Bonchev–Trinajstić information content (AvgIpc) is 2.89. The first kappa shape index (κ1) is 41.5. The van der Waals surface area contributed by atoms with Crippen LogP contribution >= 0.6 is 55.1 Å². The number of nitrogens with two attached hydrogens (primary N) is 1. The molecule has 0 spiro atoms. The molecule has 3 aromatic rings. The molecule has 18 heteroatoms. The van der Waals surface area contributed by atoms with Crippen LogP contribution in [0.4, 0.5) is 14.5 Å². The van der Waals surface area contributed by atoms with Gasteiger partial charge in [-0.25, -0.2) is 28.3 Å². The molecule has 0 aliphatic rings. The van der Waals surface area contributed by atoms with Gasteiger partial charge in [-0.2, -0.15) is 0 Å². The number of nitrogen functional groups attached to an aromatic ring is 1. The van der Waals surface area contributed by atoms with Crippen LogP contribution in [0.1, 0.15) is 33.5 Å². The number of hydrogen-bond acceptors (Lipinski definition) is 9. The molecule has 10 nitrogen and oxygen atoms in total. The van der Waals surface area contributed by atoms with E-state index in [9.17, 15) is 18.4 Å². The predicted molar refractivity (Wildman–Crippen MR) is 134 cm³/mol. The zero-order valence-electron chi connectivity index (χ0n) is 21.3. The molecular formula is C21H15Br2Cl2F2K2N3O7. The molecule has 0 saturated heterocycles. The maximum absolute atomic E-state index is 13.4. The summed E-state index contributed by atoms with van der Waals surface area (Å²) in [7, 11) is 0. The van der Waals surface area contributed by atoms with Crippen molar-refractivity contribution in [1.82, 2.24) is 9.97 Å². The van der Waals surface area contributed by atoms with Crippen molar-refractivity contribution < 1.29 is 147 Å². The van der Waals surface area contributed by atoms with Crippen molar-refractivity contribution in [2.24, 2.45) is 0 Å². The second-order valence-corrected chi connectivity index (χ2v) is 8.61. The molecule has 0 saturated carbocycles. The Morgan fingerprint density at radius 3 is 2.05 bits per heavy atom. The Morgan fingerprint density at radius 1 is 1.08 bits per heavy atom. The molecule has 0 amide bonds. The van der Waals surface area contributed by atoms with Crippen LogP contribution in [0.3, 0.4) is 0 Å². The normalized spacial score (nSPS) is 9.23. The minimum atomic E-state index is -1.28. The summed E-state index contributed by atoms with van der Waals surface area (Å²) in [6, 6.07) is 9.10. The minimum absolute atomic E-state index is 0. The number of aromatic nitrogens is 2. The van der Waals surface area contributed by atoms with Crippen LogP contribution in [-0.4, -0.2) is 33.5 Å². The number of carboxylic acid groups (broad SMARTS) is 1. The van der Waals surface area contributed by atoms with Gasteiger partial charge in [-0.05, 0) is 44.3 Å². The second-order valence-electron chi connectivity index (χ2n) is 6.36. The van der Waals surface area contributed by atoms with E-state index in [-0.39, 0.29) is 159 Å². The number of anilines is 1. The van der Waals surface area contributed by atoms with Gasteiger partial charge in [-0.1, -0.05) is 53.5 Å². The van der Waals surface area contributed by atoms with Crippen molar-refractivity contribution >= 4 is 79.2 Å². The van der Waals surface area contributed by atoms with Crippen molar-refractivity contribution in [3.05, 3.63) is 83.7 Å². The Bertz CT molecular complexity index is 1310. The molecule has 1 aromatic carbocycles. The largest absolute Gasteiger partial charge is 1.00 e. The zero-order valence-corrected chi connectivity index (χ0v) is 31.2. The molecule has 0 fully saturated rings. The molecule has 2 heterocycles. The van der Waals surface area contributed by atoms with E-state index in [0.717, 1.165) is 5.56 Å². The van der Waals surface area contributed by atoms with E-state index in [0.29, 0.717) is 0 Å². The molecule has 0 aliphatic carbocycles. The number of esters is 1. The number of ether oxygens (including phenoxy) is 1. The number of benzene rings is 1. The summed E-state index contributed by atoms with van der Waals surface area (Å²) in [6.45, 7) is 1.27. The van der Waals surface area contributed by atoms with Gasteiger partial charge in [0.2, 0.25) is 0 Å². The number of pyridine rings is 2. The van der Waals surface area contributed by atoms with Gasteiger partial charge in [0.05, 0.1) is 15.7 Å². The predicted octanol–water partition coefficient (Wildman–Crippen LogP) is -1.23. The summed E-state index contributed by atoms with van der Waals surface area (Å²) in [4.78, 5) is 40.8. The van der Waals surface area contributed by atoms with Crippen LogP contribution in [0.5, 0.6) is 0 Å². The number of carboxylic acids is 1. The smallest absolute Gasteiger partial charge is 1.00 e. The molecule has 0 unspecified atom stereocenters. The van der Waals surface area contributed by atoms with Crippen LogP contribution in [0.15, 0.2) is 39.5 Å². The standard InChI is InChI=1S/C13H9BrClFN2O2.C7H4BrClFNO2.CH2O3.2K.H/c14-12-9(16)10(17)8(15)11(18-12)13(19)20-6-7-4-2-1-3-5-7;1-2-3(9)5(7(12)13)11-6(8)4(2)10;2-1-4-3;;;/h1-5H,6H2,(H2,17,18);1H3,(H,12,13);1,3H;;;/q;;;2*+1;-1/p-1. The van der Waals surface area contributed by atoms with Crippen LogP contribution in [0.25, 0.3) is 0 Å². The maximum Gasteiger partial charge on any atom is 1.00 e. The molecule has 3 rings (SSSR count). The van der Waals surface area contributed by atoms with E-state index in [1.165, 1.54) is 6.92 Å². The van der Waals surface area contributed by atoms with Crippen molar-refractivity contribution in [3.8, 4) is 0 Å². The van der Waals surface area contributed by atoms with E-state index < -0.39 is 23.6 Å². The van der Waals surface area contributed by atoms with Gasteiger partial charge in [0, 0.05) is 5.56 Å². The van der Waals surface area contributed by atoms with Gasteiger partial charge >= 0.3 is 115 Å². The maximum atomic E-state index is 13.4. The summed E-state index contributed by atoms with van der Waals surface area (Å²) >= 11 is 17.0. The van der Waals surface area contributed by atoms with Crippen molar-refractivity contribution in [1.29, 1.82) is 0 Å². The van der Waals surface area contributed by atoms with E-state index in [2.05, 4.69) is 46.7 Å². The quantitative estimate of drug-likeness (QED) is 0.0803. The number of nitrogens with zero attached hydrogens (tertiary/aromatic N) is 2. The van der Waals surface area contributed by atoms with Crippen LogP contribution in [0, 0.1) is 18.6 Å². The number of carbonyl (C=O) groups excluding carboxylic acids is 2. The molecule has 0 aliphatic heterocycles. The fourth-order valence-corrected chi connectivity index (χ4v) is 3.50. The molecular weight excluding hydrogens is 753 g/mol. The van der Waals surface area contributed by atoms with Crippen molar-refractivity contribution in [2.75, 3.05) is 5.73 Å². The Kier molecular flexibility index (Phi) is 22.5. The van der Waals surface area contributed by atoms with E-state index in [1.807, 2.05) is 18.2 Å². The second kappa shape index (κ2) is 21.1. The van der Waals surface area contributed by atoms with Crippen LogP contribution < -0.4 is 114 Å². The summed E-state index contributed by atoms with van der Waals surface area (Å²) in [5.41, 5.74) is 5.40. The number of aromatic carboxylic acids is 1. The van der Waals surface area contributed by atoms with E-state index in [4.69, 9.17) is 48.8 Å². The Morgan fingerprint density at radius 2 is 1.56 bits per heavy atom. The van der Waals surface area contributed by atoms with Crippen LogP contribution in [-0.2, 0) is 21.0 Å². The Labute approximate surface area is 333 Å². The molecule has 2 aromatic heterocycles. The van der Waals surface area contributed by atoms with Crippen LogP contribution in [0.2, 0.25) is 10.0 Å². The monoisotopic (exact) mass is 765 g/mol. The first-order chi connectivity index (χ1) is 17.4. The molecule has 3 N–H and O–H groups in total. The molecule has 0 radical (unpaired) electrons. The number of rotatable bonds is 5. The fraction of sp³-hybridized carbons (Fsp3) is 0.0952. The third-order valence-electron chi connectivity index (χ3n) is 3.98. The van der Waals surface area contributed by atoms with Gasteiger partial charge in [0.1, 0.15) is 15.8 Å². The van der Waals surface area contributed by atoms with Gasteiger partial charge in [-0.3, -0.25) is 4.79 Å². The number of halogens is 6. The average molecular weight is 768 g/mol. The number of hydrogen-bond donors (Lipinski definition) is 2. The topological polar surface area (TPSA) is 165 Å². The van der Waals surface area contributed by atoms with Gasteiger partial charge in [0.25, 0.3) is 6.47 Å². The summed E-state index contributed by atoms with van der Waals surface area (Å²) in [5, 5.41) is 16.6. The van der Waals surface area contributed by atoms with Gasteiger partial charge < -0.3 is 27.1 Å². The molecule has 0 atom stereocenters. The summed E-state index contributed by atoms with van der Waals surface area (Å²) < 4.78 is 31.2. The first-order valence-corrected chi connectivity index (χ1v) is 11.7. The summed E-state index contributed by atoms with van der Waals surface area (Å²) in [5.74, 6) is -3.51. The third kappa shape index (κ3) is 13.0. The Hall–Kier alpha value is 0.363. The molecule has 200 valence electrons. The fourth-order valence-electron chi connectivity index (χ4n) is 2.22.